The van der Waals surface area contributed by atoms with Gasteiger partial charge in [0, 0.05) is 11.4 Å². The molecule has 0 aliphatic rings. The molecule has 27 heavy (non-hydrogen) atoms. The minimum atomic E-state index is -0.305. The SMILES string of the molecule is CC(C)c1ccc(Nc2nnc(SCCOC(=O)c3ccccc3)s2)cc1. The van der Waals surface area contributed by atoms with Crippen molar-refractivity contribution in [1.82, 2.24) is 10.2 Å². The number of hydrogen-bond acceptors (Lipinski definition) is 7. The van der Waals surface area contributed by atoms with Gasteiger partial charge in [0.15, 0.2) is 4.34 Å². The Balaban J connectivity index is 1.43. The zero-order valence-corrected chi connectivity index (χ0v) is 16.8. The lowest BCUT2D eigenvalue weighted by molar-refractivity contribution is 0.0530. The number of hydrogen-bond donors (Lipinski definition) is 1. The van der Waals surface area contributed by atoms with Crippen molar-refractivity contribution in [2.24, 2.45) is 0 Å². The first kappa shape index (κ1) is 19.4. The lowest BCUT2D eigenvalue weighted by atomic mass is 10.0. The molecule has 0 aliphatic carbocycles. The van der Waals surface area contributed by atoms with E-state index in [1.807, 2.05) is 30.3 Å². The number of benzene rings is 2. The summed E-state index contributed by atoms with van der Waals surface area (Å²) in [7, 11) is 0. The number of carbonyl (C=O) groups is 1. The molecule has 0 amide bonds. The summed E-state index contributed by atoms with van der Waals surface area (Å²) in [4.78, 5) is 11.9. The van der Waals surface area contributed by atoms with Gasteiger partial charge < -0.3 is 10.1 Å². The van der Waals surface area contributed by atoms with E-state index in [2.05, 4.69) is 41.5 Å². The van der Waals surface area contributed by atoms with Gasteiger partial charge >= 0.3 is 5.97 Å². The average molecular weight is 400 g/mol. The van der Waals surface area contributed by atoms with Crippen LogP contribution in [0.5, 0.6) is 0 Å². The molecule has 1 aromatic heterocycles. The van der Waals surface area contributed by atoms with Crippen molar-refractivity contribution >= 4 is 39.9 Å². The van der Waals surface area contributed by atoms with E-state index < -0.39 is 0 Å². The summed E-state index contributed by atoms with van der Waals surface area (Å²) in [5.41, 5.74) is 2.86. The maximum absolute atomic E-state index is 11.9. The van der Waals surface area contributed by atoms with Crippen LogP contribution in [0.25, 0.3) is 0 Å². The molecule has 1 N–H and O–H groups in total. The van der Waals surface area contributed by atoms with Crippen LogP contribution in [0, 0.1) is 0 Å². The fourth-order valence-corrected chi connectivity index (χ4v) is 3.97. The fourth-order valence-electron chi connectivity index (χ4n) is 2.31. The molecule has 140 valence electrons. The van der Waals surface area contributed by atoms with Gasteiger partial charge in [-0.15, -0.1) is 10.2 Å². The highest BCUT2D eigenvalue weighted by Crippen LogP contribution is 2.28. The van der Waals surface area contributed by atoms with Crippen LogP contribution in [-0.4, -0.2) is 28.5 Å². The van der Waals surface area contributed by atoms with Crippen LogP contribution in [0.2, 0.25) is 0 Å². The van der Waals surface area contributed by atoms with Crippen molar-refractivity contribution < 1.29 is 9.53 Å². The number of ether oxygens (including phenoxy) is 1. The minimum absolute atomic E-state index is 0.305. The lowest BCUT2D eigenvalue weighted by Crippen LogP contribution is -2.07. The molecule has 0 aliphatic heterocycles. The van der Waals surface area contributed by atoms with Gasteiger partial charge in [0.1, 0.15) is 6.61 Å². The van der Waals surface area contributed by atoms with Crippen LogP contribution in [0.1, 0.15) is 35.7 Å². The highest BCUT2D eigenvalue weighted by Gasteiger charge is 2.08. The molecule has 3 rings (SSSR count). The third-order valence-corrected chi connectivity index (χ3v) is 5.72. The van der Waals surface area contributed by atoms with Gasteiger partial charge in [-0.3, -0.25) is 0 Å². The molecule has 3 aromatic rings. The van der Waals surface area contributed by atoms with Gasteiger partial charge in [-0.1, -0.05) is 67.3 Å². The Morgan fingerprint density at radius 1 is 1.11 bits per heavy atom. The van der Waals surface area contributed by atoms with E-state index in [9.17, 15) is 4.79 Å². The first-order valence-corrected chi connectivity index (χ1v) is 10.5. The van der Waals surface area contributed by atoms with Gasteiger partial charge in [0.25, 0.3) is 0 Å². The van der Waals surface area contributed by atoms with Crippen molar-refractivity contribution in [3.05, 3.63) is 65.7 Å². The predicted octanol–water partition coefficient (Wildman–Crippen LogP) is 5.35. The third-order valence-electron chi connectivity index (χ3n) is 3.79. The summed E-state index contributed by atoms with van der Waals surface area (Å²) >= 11 is 3.01. The molecule has 0 atom stereocenters. The van der Waals surface area contributed by atoms with Crippen molar-refractivity contribution in [3.8, 4) is 0 Å². The Morgan fingerprint density at radius 3 is 2.56 bits per heavy atom. The monoisotopic (exact) mass is 399 g/mol. The Morgan fingerprint density at radius 2 is 1.85 bits per heavy atom. The van der Waals surface area contributed by atoms with Gasteiger partial charge in [0.05, 0.1) is 5.56 Å². The number of carbonyl (C=O) groups excluding carboxylic acids is 1. The Hall–Kier alpha value is -2.38. The summed E-state index contributed by atoms with van der Waals surface area (Å²) in [5.74, 6) is 0.844. The van der Waals surface area contributed by atoms with Crippen LogP contribution in [0.15, 0.2) is 58.9 Å². The van der Waals surface area contributed by atoms with Crippen LogP contribution in [0.4, 0.5) is 10.8 Å². The zero-order chi connectivity index (χ0) is 19.1. The van der Waals surface area contributed by atoms with Crippen molar-refractivity contribution in [3.63, 3.8) is 0 Å². The number of rotatable bonds is 8. The molecule has 7 heteroatoms. The van der Waals surface area contributed by atoms with E-state index >= 15 is 0 Å². The standard InChI is InChI=1S/C20H21N3O2S2/c1-14(2)15-8-10-17(11-9-15)21-19-22-23-20(27-19)26-13-12-25-18(24)16-6-4-3-5-7-16/h3-11,14H,12-13H2,1-2H3,(H,21,22). The quantitative estimate of drug-likeness (QED) is 0.313. The number of aromatic nitrogens is 2. The lowest BCUT2D eigenvalue weighted by Gasteiger charge is -2.06. The van der Waals surface area contributed by atoms with E-state index in [0.717, 1.165) is 15.2 Å². The summed E-state index contributed by atoms with van der Waals surface area (Å²) in [6.07, 6.45) is 0. The molecule has 0 fully saturated rings. The minimum Gasteiger partial charge on any atom is -0.461 e. The molecule has 5 nitrogen and oxygen atoms in total. The van der Waals surface area contributed by atoms with Gasteiger partial charge in [-0.2, -0.15) is 0 Å². The molecule has 0 radical (unpaired) electrons. The molecule has 0 spiro atoms. The van der Waals surface area contributed by atoms with Crippen molar-refractivity contribution in [2.75, 3.05) is 17.7 Å². The summed E-state index contributed by atoms with van der Waals surface area (Å²) in [6, 6.07) is 17.3. The topological polar surface area (TPSA) is 64.1 Å². The van der Waals surface area contributed by atoms with E-state index in [1.165, 1.54) is 28.7 Å². The second-order valence-electron chi connectivity index (χ2n) is 6.13. The molecule has 0 saturated heterocycles. The van der Waals surface area contributed by atoms with Gasteiger partial charge in [0.2, 0.25) is 5.13 Å². The smallest absolute Gasteiger partial charge is 0.338 e. The Labute approximate surface area is 167 Å². The van der Waals surface area contributed by atoms with Crippen molar-refractivity contribution in [1.29, 1.82) is 0 Å². The van der Waals surface area contributed by atoms with Crippen LogP contribution in [-0.2, 0) is 4.74 Å². The molecular weight excluding hydrogens is 378 g/mol. The van der Waals surface area contributed by atoms with Crippen molar-refractivity contribution in [2.45, 2.75) is 24.1 Å². The summed E-state index contributed by atoms with van der Waals surface area (Å²) in [5, 5.41) is 12.3. The zero-order valence-electron chi connectivity index (χ0n) is 15.2. The number of thioether (sulfide) groups is 1. The molecule has 1 heterocycles. The number of esters is 1. The number of anilines is 2. The average Bonchev–Trinajstić information content (AvgIpc) is 3.13. The van der Waals surface area contributed by atoms with Crippen LogP contribution < -0.4 is 5.32 Å². The van der Waals surface area contributed by atoms with E-state index in [4.69, 9.17) is 4.74 Å². The van der Waals surface area contributed by atoms with Crippen LogP contribution in [0.3, 0.4) is 0 Å². The fraction of sp³-hybridized carbons (Fsp3) is 0.250. The summed E-state index contributed by atoms with van der Waals surface area (Å²) < 4.78 is 6.10. The highest BCUT2D eigenvalue weighted by molar-refractivity contribution is 8.01. The molecule has 2 aromatic carbocycles. The Bertz CT molecular complexity index is 864. The first-order chi connectivity index (χ1) is 13.1. The first-order valence-electron chi connectivity index (χ1n) is 8.67. The molecule has 0 unspecified atom stereocenters. The third kappa shape index (κ3) is 5.80. The predicted molar refractivity (Wildman–Crippen MR) is 111 cm³/mol. The van der Waals surface area contributed by atoms with E-state index in [0.29, 0.717) is 23.8 Å². The molecular formula is C20H21N3O2S2. The normalized spacial score (nSPS) is 10.8. The van der Waals surface area contributed by atoms with Crippen LogP contribution >= 0.6 is 23.1 Å². The molecule has 0 bridgehead atoms. The second kappa shape index (κ2) is 9.53. The Kier molecular flexibility index (Phi) is 6.84. The van der Waals surface area contributed by atoms with E-state index in [-0.39, 0.29) is 5.97 Å². The molecule has 0 saturated carbocycles. The van der Waals surface area contributed by atoms with E-state index in [1.54, 1.807) is 12.1 Å². The highest BCUT2D eigenvalue weighted by atomic mass is 32.2. The maximum Gasteiger partial charge on any atom is 0.338 e. The van der Waals surface area contributed by atoms with Gasteiger partial charge in [-0.05, 0) is 35.7 Å². The summed E-state index contributed by atoms with van der Waals surface area (Å²) in [6.45, 7) is 4.68. The number of nitrogens with zero attached hydrogens (tertiary/aromatic N) is 2. The van der Waals surface area contributed by atoms with Gasteiger partial charge in [-0.25, -0.2) is 4.79 Å². The largest absolute Gasteiger partial charge is 0.461 e. The maximum atomic E-state index is 11.9. The number of nitrogens with one attached hydrogen (secondary N) is 1. The second-order valence-corrected chi connectivity index (χ2v) is 8.44.